The third-order valence-electron chi connectivity index (χ3n) is 1.16. The molecule has 8 heavy (non-hydrogen) atoms. The average molecular weight is 114 g/mol. The first-order valence-electron chi connectivity index (χ1n) is 2.65. The number of carbonyl (C=O) groups excluding carboxylic acids is 1. The summed E-state index contributed by atoms with van der Waals surface area (Å²) < 4.78 is 12.1. The second kappa shape index (κ2) is 2.07. The molecule has 0 aromatic carbocycles. The second-order valence-corrected chi connectivity index (χ2v) is 1.91. The van der Waals surface area contributed by atoms with E-state index >= 15 is 0 Å². The fraction of sp³-hybridized carbons (Fsp3) is 0.500. The molecule has 0 radical (unpaired) electrons. The van der Waals surface area contributed by atoms with Crippen LogP contribution in [0, 0.1) is 0 Å². The van der Waals surface area contributed by atoms with E-state index in [1.165, 1.54) is 6.08 Å². The second-order valence-electron chi connectivity index (χ2n) is 1.91. The van der Waals surface area contributed by atoms with E-state index in [-0.39, 0.29) is 18.0 Å². The van der Waals surface area contributed by atoms with Gasteiger partial charge < -0.3 is 0 Å². The highest BCUT2D eigenvalue weighted by Crippen LogP contribution is 2.14. The van der Waals surface area contributed by atoms with E-state index < -0.39 is 0 Å². The number of hydrogen-bond donors (Lipinski definition) is 0. The largest absolute Gasteiger partial charge is 0.299 e. The van der Waals surface area contributed by atoms with Crippen molar-refractivity contribution in [2.45, 2.75) is 19.3 Å². The van der Waals surface area contributed by atoms with Gasteiger partial charge in [0.25, 0.3) is 0 Å². The zero-order chi connectivity index (χ0) is 5.98. The zero-order valence-corrected chi connectivity index (χ0v) is 4.48. The lowest BCUT2D eigenvalue weighted by atomic mass is 10.1. The van der Waals surface area contributed by atoms with Gasteiger partial charge in [0.15, 0.2) is 0 Å². The molecule has 1 nitrogen and oxygen atoms in total. The van der Waals surface area contributed by atoms with Crippen molar-refractivity contribution in [3.8, 4) is 0 Å². The Morgan fingerprint density at radius 1 is 1.62 bits per heavy atom. The van der Waals surface area contributed by atoms with Crippen LogP contribution in [0.5, 0.6) is 0 Å². The summed E-state index contributed by atoms with van der Waals surface area (Å²) in [5.41, 5.74) is 0. The van der Waals surface area contributed by atoms with Crippen molar-refractivity contribution in [3.63, 3.8) is 0 Å². The van der Waals surface area contributed by atoms with Gasteiger partial charge in [-0.15, -0.1) is 0 Å². The number of hydrogen-bond acceptors (Lipinski definition) is 1. The first kappa shape index (κ1) is 5.48. The van der Waals surface area contributed by atoms with Crippen LogP contribution in [0.25, 0.3) is 0 Å². The van der Waals surface area contributed by atoms with E-state index in [1.54, 1.807) is 0 Å². The molecule has 0 aromatic heterocycles. The quantitative estimate of drug-likeness (QED) is 0.467. The van der Waals surface area contributed by atoms with E-state index in [9.17, 15) is 9.18 Å². The summed E-state index contributed by atoms with van der Waals surface area (Å²) in [4.78, 5) is 10.4. The van der Waals surface area contributed by atoms with E-state index in [2.05, 4.69) is 0 Å². The molecule has 1 aliphatic carbocycles. The molecule has 0 heterocycles. The topological polar surface area (TPSA) is 17.1 Å². The van der Waals surface area contributed by atoms with Crippen molar-refractivity contribution in [2.24, 2.45) is 0 Å². The molecular formula is C6H7FO. The molecule has 0 atom stereocenters. The Morgan fingerprint density at radius 3 is 2.75 bits per heavy atom. The van der Waals surface area contributed by atoms with Gasteiger partial charge in [-0.25, -0.2) is 4.39 Å². The van der Waals surface area contributed by atoms with Crippen LogP contribution in [-0.4, -0.2) is 5.78 Å². The van der Waals surface area contributed by atoms with Gasteiger partial charge in [0.2, 0.25) is 0 Å². The molecule has 44 valence electrons. The minimum atomic E-state index is -0.263. The minimum Gasteiger partial charge on any atom is -0.299 e. The molecule has 0 spiro atoms. The lowest BCUT2D eigenvalue weighted by Crippen LogP contribution is -2.01. The Labute approximate surface area is 47.2 Å². The summed E-state index contributed by atoms with van der Waals surface area (Å²) in [7, 11) is 0. The van der Waals surface area contributed by atoms with E-state index in [1.807, 2.05) is 0 Å². The smallest absolute Gasteiger partial charge is 0.139 e. The van der Waals surface area contributed by atoms with Crippen LogP contribution >= 0.6 is 0 Å². The van der Waals surface area contributed by atoms with Gasteiger partial charge in [-0.1, -0.05) is 6.08 Å². The Kier molecular flexibility index (Phi) is 1.42. The molecule has 0 amide bonds. The van der Waals surface area contributed by atoms with Crippen LogP contribution < -0.4 is 0 Å². The van der Waals surface area contributed by atoms with E-state index in [4.69, 9.17) is 0 Å². The highest BCUT2D eigenvalue weighted by molar-refractivity contribution is 5.81. The lowest BCUT2D eigenvalue weighted by molar-refractivity contribution is -0.118. The molecule has 0 fully saturated rings. The van der Waals surface area contributed by atoms with Crippen molar-refractivity contribution in [3.05, 3.63) is 11.9 Å². The number of rotatable bonds is 0. The van der Waals surface area contributed by atoms with Crippen LogP contribution in [0.15, 0.2) is 11.9 Å². The summed E-state index contributed by atoms with van der Waals surface area (Å²) in [6, 6.07) is 0. The Balaban J connectivity index is 2.57. The number of ketones is 1. The van der Waals surface area contributed by atoms with Gasteiger partial charge >= 0.3 is 0 Å². The number of carbonyl (C=O) groups is 1. The first-order chi connectivity index (χ1) is 3.79. The van der Waals surface area contributed by atoms with Crippen molar-refractivity contribution in [1.29, 1.82) is 0 Å². The monoisotopic (exact) mass is 114 g/mol. The highest BCUT2D eigenvalue weighted by atomic mass is 19.1. The highest BCUT2D eigenvalue weighted by Gasteiger charge is 2.09. The summed E-state index contributed by atoms with van der Waals surface area (Å²) in [6.07, 6.45) is 2.61. The molecule has 0 unspecified atom stereocenters. The molecule has 0 aliphatic heterocycles. The van der Waals surface area contributed by atoms with Gasteiger partial charge in [0.1, 0.15) is 11.6 Å². The van der Waals surface area contributed by atoms with Crippen LogP contribution in [0.4, 0.5) is 4.39 Å². The van der Waals surface area contributed by atoms with Gasteiger partial charge in [0.05, 0.1) is 6.42 Å². The van der Waals surface area contributed by atoms with Crippen molar-refractivity contribution in [2.75, 3.05) is 0 Å². The molecule has 1 rings (SSSR count). The predicted molar refractivity (Wildman–Crippen MR) is 28.0 cm³/mol. The van der Waals surface area contributed by atoms with Crippen LogP contribution in [0.1, 0.15) is 19.3 Å². The van der Waals surface area contributed by atoms with Gasteiger partial charge in [0, 0.05) is 6.42 Å². The fourth-order valence-corrected chi connectivity index (χ4v) is 0.739. The van der Waals surface area contributed by atoms with Crippen LogP contribution in [-0.2, 0) is 4.79 Å². The van der Waals surface area contributed by atoms with Crippen molar-refractivity contribution < 1.29 is 9.18 Å². The Bertz CT molecular complexity index is 137. The van der Waals surface area contributed by atoms with Crippen LogP contribution in [0.2, 0.25) is 0 Å². The van der Waals surface area contributed by atoms with E-state index in [0.717, 1.165) is 0 Å². The third-order valence-corrected chi connectivity index (χ3v) is 1.16. The molecule has 0 N–H and O–H groups in total. The van der Waals surface area contributed by atoms with E-state index in [0.29, 0.717) is 12.8 Å². The lowest BCUT2D eigenvalue weighted by Gasteiger charge is -2.01. The predicted octanol–water partition coefficient (Wildman–Crippen LogP) is 1.59. The summed E-state index contributed by atoms with van der Waals surface area (Å²) in [6.45, 7) is 0. The minimum absolute atomic E-state index is 0.0185. The fourth-order valence-electron chi connectivity index (χ4n) is 0.739. The molecule has 1 aliphatic rings. The van der Waals surface area contributed by atoms with Gasteiger partial charge in [-0.2, -0.15) is 0 Å². The summed E-state index contributed by atoms with van der Waals surface area (Å²) in [5, 5.41) is 0. The van der Waals surface area contributed by atoms with Crippen molar-refractivity contribution >= 4 is 5.78 Å². The number of allylic oxidation sites excluding steroid dienone is 2. The molecule has 0 saturated heterocycles. The SMILES string of the molecule is O=C1CCC=C(F)C1. The maximum atomic E-state index is 12.1. The number of halogens is 1. The average Bonchev–Trinajstić information content (AvgIpc) is 1.64. The van der Waals surface area contributed by atoms with Crippen molar-refractivity contribution in [1.82, 2.24) is 0 Å². The molecule has 0 bridgehead atoms. The first-order valence-corrected chi connectivity index (χ1v) is 2.65. The Hall–Kier alpha value is -0.660. The molecular weight excluding hydrogens is 107 g/mol. The summed E-state index contributed by atoms with van der Waals surface area (Å²) >= 11 is 0. The zero-order valence-electron chi connectivity index (χ0n) is 4.48. The third kappa shape index (κ3) is 1.15. The van der Waals surface area contributed by atoms with Gasteiger partial charge in [-0.3, -0.25) is 4.79 Å². The maximum absolute atomic E-state index is 12.1. The van der Waals surface area contributed by atoms with Gasteiger partial charge in [-0.05, 0) is 6.42 Å². The maximum Gasteiger partial charge on any atom is 0.139 e. The molecule has 2 heteroatoms. The molecule has 0 saturated carbocycles. The normalized spacial score (nSPS) is 20.6. The molecule has 0 aromatic rings. The Morgan fingerprint density at radius 2 is 2.38 bits per heavy atom. The standard InChI is InChI=1S/C6H7FO/c7-5-2-1-3-6(8)4-5/h2H,1,3-4H2. The summed E-state index contributed by atoms with van der Waals surface area (Å²) in [5.74, 6) is -0.244. The van der Waals surface area contributed by atoms with Crippen LogP contribution in [0.3, 0.4) is 0 Å². The number of Topliss-reactive ketones (excluding diaryl/α,β-unsaturated/α-hetero) is 1.